The van der Waals surface area contributed by atoms with Crippen molar-refractivity contribution in [2.45, 2.75) is 11.3 Å². The van der Waals surface area contributed by atoms with Crippen LogP contribution < -0.4 is 10.0 Å². The lowest BCUT2D eigenvalue weighted by Crippen LogP contribution is -2.29. The van der Waals surface area contributed by atoms with Crippen molar-refractivity contribution in [2.75, 3.05) is 19.6 Å². The van der Waals surface area contributed by atoms with E-state index in [1.165, 1.54) is 0 Å². The quantitative estimate of drug-likeness (QED) is 0.842. The topological polar surface area (TPSA) is 58.2 Å². The lowest BCUT2D eigenvalue weighted by atomic mass is 10.1. The molecule has 1 aliphatic heterocycles. The second kappa shape index (κ2) is 7.24. The van der Waals surface area contributed by atoms with Crippen LogP contribution in [0.1, 0.15) is 6.42 Å². The molecule has 1 aliphatic rings. The van der Waals surface area contributed by atoms with Gasteiger partial charge in [-0.2, -0.15) is 0 Å². The van der Waals surface area contributed by atoms with Crippen molar-refractivity contribution in [2.24, 2.45) is 0 Å². The smallest absolute Gasteiger partial charge is 0.241 e. The van der Waals surface area contributed by atoms with Gasteiger partial charge in [0.25, 0.3) is 0 Å². The molecule has 6 heteroatoms. The average Bonchev–Trinajstić information content (AvgIpc) is 2.53. The largest absolute Gasteiger partial charge is 0.313 e. The van der Waals surface area contributed by atoms with Gasteiger partial charge in [-0.15, -0.1) is 12.4 Å². The van der Waals surface area contributed by atoms with E-state index < -0.39 is 10.0 Å². The van der Waals surface area contributed by atoms with Crippen LogP contribution >= 0.6 is 12.4 Å². The van der Waals surface area contributed by atoms with E-state index in [-0.39, 0.29) is 12.4 Å². The van der Waals surface area contributed by atoms with Gasteiger partial charge >= 0.3 is 0 Å². The van der Waals surface area contributed by atoms with E-state index in [0.717, 1.165) is 35.9 Å². The van der Waals surface area contributed by atoms with Crippen LogP contribution in [0.5, 0.6) is 0 Å². The summed E-state index contributed by atoms with van der Waals surface area (Å²) in [6, 6.07) is 12.9. The molecule has 0 saturated carbocycles. The molecule has 0 aliphatic carbocycles. The summed E-state index contributed by atoms with van der Waals surface area (Å²) < 4.78 is 27.8. The Kier molecular flexibility index (Phi) is 5.58. The van der Waals surface area contributed by atoms with Crippen LogP contribution in [0.2, 0.25) is 0 Å². The Balaban J connectivity index is 0.00000176. The number of nitrogens with one attached hydrogen (secondary N) is 2. The predicted molar refractivity (Wildman–Crippen MR) is 92.0 cm³/mol. The van der Waals surface area contributed by atoms with E-state index >= 15 is 0 Å². The Labute approximate surface area is 137 Å². The lowest BCUT2D eigenvalue weighted by Gasteiger charge is -2.15. The monoisotopic (exact) mass is 338 g/mol. The molecule has 4 nitrogen and oxygen atoms in total. The van der Waals surface area contributed by atoms with Gasteiger partial charge in [0.1, 0.15) is 0 Å². The van der Waals surface area contributed by atoms with E-state index in [2.05, 4.69) is 16.1 Å². The summed E-state index contributed by atoms with van der Waals surface area (Å²) in [5, 5.41) is 4.90. The van der Waals surface area contributed by atoms with Gasteiger partial charge in [0.15, 0.2) is 0 Å². The van der Waals surface area contributed by atoms with Crippen LogP contribution in [0.3, 0.4) is 0 Å². The lowest BCUT2D eigenvalue weighted by molar-refractivity contribution is 0.583. The first-order valence-corrected chi connectivity index (χ1v) is 8.51. The minimum Gasteiger partial charge on any atom is -0.313 e. The fourth-order valence-corrected chi connectivity index (χ4v) is 3.79. The molecule has 0 fully saturated rings. The van der Waals surface area contributed by atoms with Crippen LogP contribution in [-0.2, 0) is 10.0 Å². The number of sulfonamides is 1. The first-order chi connectivity index (χ1) is 10.2. The highest BCUT2D eigenvalue weighted by Crippen LogP contribution is 2.22. The Morgan fingerprint density at radius 1 is 1.09 bits per heavy atom. The van der Waals surface area contributed by atoms with Crippen molar-refractivity contribution in [1.82, 2.24) is 10.0 Å². The van der Waals surface area contributed by atoms with Gasteiger partial charge in [0.05, 0.1) is 4.90 Å². The molecule has 3 rings (SSSR count). The highest BCUT2D eigenvalue weighted by atomic mass is 35.5. The molecular weight excluding hydrogens is 320 g/mol. The van der Waals surface area contributed by atoms with Crippen molar-refractivity contribution in [1.29, 1.82) is 0 Å². The molecule has 2 aromatic rings. The molecule has 0 bridgehead atoms. The Morgan fingerprint density at radius 2 is 1.86 bits per heavy atom. The highest BCUT2D eigenvalue weighted by Gasteiger charge is 2.17. The third-order valence-electron chi connectivity index (χ3n) is 3.69. The molecule has 0 aromatic heterocycles. The number of hydrogen-bond donors (Lipinski definition) is 2. The zero-order chi connectivity index (χ0) is 14.7. The first kappa shape index (κ1) is 17.0. The molecule has 0 spiro atoms. The van der Waals surface area contributed by atoms with Crippen LogP contribution in [0.25, 0.3) is 10.8 Å². The average molecular weight is 339 g/mol. The number of benzene rings is 2. The van der Waals surface area contributed by atoms with E-state index in [9.17, 15) is 8.42 Å². The SMILES string of the molecule is Cl.O=S(=O)(NCC1=CCNCC1)c1cccc2ccccc12. The van der Waals surface area contributed by atoms with Crippen molar-refractivity contribution in [3.05, 3.63) is 54.1 Å². The van der Waals surface area contributed by atoms with Gasteiger partial charge in [-0.1, -0.05) is 48.0 Å². The molecule has 0 unspecified atom stereocenters. The third kappa shape index (κ3) is 3.67. The van der Waals surface area contributed by atoms with E-state index in [0.29, 0.717) is 11.4 Å². The fourth-order valence-electron chi connectivity index (χ4n) is 2.53. The normalized spacial score (nSPS) is 15.2. The third-order valence-corrected chi connectivity index (χ3v) is 5.15. The van der Waals surface area contributed by atoms with E-state index in [4.69, 9.17) is 0 Å². The molecule has 2 N–H and O–H groups in total. The summed E-state index contributed by atoms with van der Waals surface area (Å²) in [4.78, 5) is 0.343. The summed E-state index contributed by atoms with van der Waals surface area (Å²) in [6.07, 6.45) is 2.94. The maximum Gasteiger partial charge on any atom is 0.241 e. The van der Waals surface area contributed by atoms with Gasteiger partial charge in [-0.3, -0.25) is 0 Å². The van der Waals surface area contributed by atoms with E-state index in [1.54, 1.807) is 12.1 Å². The molecule has 1 heterocycles. The maximum absolute atomic E-state index is 12.5. The molecule has 118 valence electrons. The predicted octanol–water partition coefficient (Wildman–Crippen LogP) is 2.46. The van der Waals surface area contributed by atoms with E-state index in [1.807, 2.05) is 30.3 Å². The Bertz CT molecular complexity index is 782. The second-order valence-corrected chi connectivity index (χ2v) is 6.85. The van der Waals surface area contributed by atoms with Gasteiger partial charge in [0, 0.05) is 18.5 Å². The van der Waals surface area contributed by atoms with Crippen LogP contribution in [-0.4, -0.2) is 28.1 Å². The van der Waals surface area contributed by atoms with Crippen molar-refractivity contribution < 1.29 is 8.42 Å². The van der Waals surface area contributed by atoms with Crippen LogP contribution in [0, 0.1) is 0 Å². The van der Waals surface area contributed by atoms with Crippen molar-refractivity contribution in [3.63, 3.8) is 0 Å². The Hall–Kier alpha value is -1.40. The minimum atomic E-state index is -3.50. The van der Waals surface area contributed by atoms with Gasteiger partial charge < -0.3 is 5.32 Å². The minimum absolute atomic E-state index is 0. The summed E-state index contributed by atoms with van der Waals surface area (Å²) in [5.74, 6) is 0. The summed E-state index contributed by atoms with van der Waals surface area (Å²) in [5.41, 5.74) is 1.14. The Morgan fingerprint density at radius 3 is 2.64 bits per heavy atom. The maximum atomic E-state index is 12.5. The number of fused-ring (bicyclic) bond motifs is 1. The fraction of sp³-hybridized carbons (Fsp3) is 0.250. The van der Waals surface area contributed by atoms with Gasteiger partial charge in [-0.25, -0.2) is 13.1 Å². The zero-order valence-corrected chi connectivity index (χ0v) is 13.7. The summed E-state index contributed by atoms with van der Waals surface area (Å²) in [7, 11) is -3.50. The molecule has 22 heavy (non-hydrogen) atoms. The van der Waals surface area contributed by atoms with Crippen molar-refractivity contribution in [3.8, 4) is 0 Å². The van der Waals surface area contributed by atoms with Gasteiger partial charge in [0.2, 0.25) is 10.0 Å². The number of rotatable bonds is 4. The van der Waals surface area contributed by atoms with Crippen molar-refractivity contribution >= 4 is 33.2 Å². The molecule has 2 aromatic carbocycles. The first-order valence-electron chi connectivity index (χ1n) is 7.03. The molecule has 0 atom stereocenters. The molecule has 0 amide bonds. The highest BCUT2D eigenvalue weighted by molar-refractivity contribution is 7.89. The number of hydrogen-bond acceptors (Lipinski definition) is 3. The van der Waals surface area contributed by atoms with Crippen LogP contribution in [0.15, 0.2) is 59.0 Å². The standard InChI is InChI=1S/C16H18N2O2S.ClH/c19-21(20,18-12-13-8-10-17-11-9-13)16-7-3-5-14-4-1-2-6-15(14)16;/h1-8,17-18H,9-12H2;1H. The summed E-state index contributed by atoms with van der Waals surface area (Å²) in [6.45, 7) is 2.10. The van der Waals surface area contributed by atoms with Gasteiger partial charge in [-0.05, 0) is 24.4 Å². The summed E-state index contributed by atoms with van der Waals surface area (Å²) >= 11 is 0. The zero-order valence-electron chi connectivity index (χ0n) is 12.1. The number of halogens is 1. The second-order valence-electron chi connectivity index (χ2n) is 5.12. The van der Waals surface area contributed by atoms with Crippen LogP contribution in [0.4, 0.5) is 0 Å². The molecule has 0 radical (unpaired) electrons. The molecular formula is C16H19ClN2O2S. The molecule has 0 saturated heterocycles.